The van der Waals surface area contributed by atoms with Crippen LogP contribution in [0.4, 0.5) is 5.69 Å². The van der Waals surface area contributed by atoms with Crippen LogP contribution in [0.15, 0.2) is 40.7 Å². The van der Waals surface area contributed by atoms with E-state index < -0.39 is 0 Å². The maximum Gasteiger partial charge on any atom is 0.141 e. The smallest absolute Gasteiger partial charge is 0.141 e. The normalized spacial score (nSPS) is 11.8. The van der Waals surface area contributed by atoms with Gasteiger partial charge in [0.2, 0.25) is 0 Å². The van der Waals surface area contributed by atoms with Crippen LogP contribution in [0, 0.1) is 6.92 Å². The predicted octanol–water partition coefficient (Wildman–Crippen LogP) is 2.18. The topological polar surface area (TPSA) is 70.6 Å². The summed E-state index contributed by atoms with van der Waals surface area (Å²) in [5.41, 5.74) is 9.19. The summed E-state index contributed by atoms with van der Waals surface area (Å²) in [6.45, 7) is 3.48. The van der Waals surface area contributed by atoms with Gasteiger partial charge in [-0.3, -0.25) is 0 Å². The summed E-state index contributed by atoms with van der Waals surface area (Å²) in [5, 5.41) is 14.0. The van der Waals surface area contributed by atoms with Crippen LogP contribution >= 0.6 is 11.3 Å². The van der Waals surface area contributed by atoms with E-state index in [-0.39, 0.29) is 6.61 Å². The number of nitrogens with one attached hydrogen (secondary N) is 1. The molecule has 0 saturated heterocycles. The molecule has 0 aliphatic heterocycles. The number of aliphatic hydroxyl groups excluding tert-OH is 1. The summed E-state index contributed by atoms with van der Waals surface area (Å²) in [6, 6.07) is 9.92. The summed E-state index contributed by atoms with van der Waals surface area (Å²) in [7, 11) is 0. The molecule has 1 aromatic carbocycles. The zero-order valence-corrected chi connectivity index (χ0v) is 12.3. The third-order valence-corrected chi connectivity index (χ3v) is 3.93. The van der Waals surface area contributed by atoms with E-state index in [1.54, 1.807) is 11.3 Å². The first-order valence-corrected chi connectivity index (χ1v) is 7.38. The van der Waals surface area contributed by atoms with Crippen molar-refractivity contribution in [1.82, 2.24) is 5.32 Å². The average molecular weight is 289 g/mol. The molecule has 4 N–H and O–H groups in total. The van der Waals surface area contributed by atoms with Crippen molar-refractivity contribution >= 4 is 22.9 Å². The molecule has 0 bridgehead atoms. The Kier molecular flexibility index (Phi) is 5.29. The van der Waals surface area contributed by atoms with Crippen LogP contribution in [0.2, 0.25) is 0 Å². The van der Waals surface area contributed by atoms with Gasteiger partial charge in [0.1, 0.15) is 5.84 Å². The Bertz CT molecular complexity index is 579. The zero-order valence-electron chi connectivity index (χ0n) is 11.5. The highest BCUT2D eigenvalue weighted by Gasteiger charge is 2.05. The number of thiophene rings is 1. The second kappa shape index (κ2) is 7.19. The van der Waals surface area contributed by atoms with Crippen LogP contribution in [0.1, 0.15) is 16.0 Å². The second-order valence-corrected chi connectivity index (χ2v) is 5.38. The molecule has 0 fully saturated rings. The van der Waals surface area contributed by atoms with E-state index in [4.69, 9.17) is 10.8 Å². The summed E-state index contributed by atoms with van der Waals surface area (Å²) in [5.74, 6) is 0.545. The van der Waals surface area contributed by atoms with Crippen molar-refractivity contribution in [3.8, 4) is 0 Å². The van der Waals surface area contributed by atoms with Crippen LogP contribution in [0.3, 0.4) is 0 Å². The summed E-state index contributed by atoms with van der Waals surface area (Å²) in [4.78, 5) is 5.50. The maximum absolute atomic E-state index is 8.79. The number of aliphatic hydroxyl groups is 1. The number of aliphatic imine (C=N–C) groups is 1. The molecule has 0 amide bonds. The lowest BCUT2D eigenvalue weighted by atomic mass is 10.1. The lowest BCUT2D eigenvalue weighted by Crippen LogP contribution is -2.18. The van der Waals surface area contributed by atoms with E-state index in [9.17, 15) is 0 Å². The highest BCUT2D eigenvalue weighted by Crippen LogP contribution is 2.23. The van der Waals surface area contributed by atoms with Gasteiger partial charge in [0.25, 0.3) is 0 Å². The van der Waals surface area contributed by atoms with Gasteiger partial charge in [0, 0.05) is 13.1 Å². The lowest BCUT2D eigenvalue weighted by molar-refractivity contribution is 0.292. The molecular formula is C15H19N3OS. The van der Waals surface area contributed by atoms with Crippen LogP contribution < -0.4 is 11.1 Å². The van der Waals surface area contributed by atoms with Gasteiger partial charge >= 0.3 is 0 Å². The van der Waals surface area contributed by atoms with Gasteiger partial charge in [-0.15, -0.1) is 11.3 Å². The van der Waals surface area contributed by atoms with E-state index in [2.05, 4.69) is 16.4 Å². The minimum absolute atomic E-state index is 0.141. The fourth-order valence-corrected chi connectivity index (χ4v) is 2.52. The fourth-order valence-electron chi connectivity index (χ4n) is 1.89. The first-order chi connectivity index (χ1) is 9.72. The van der Waals surface area contributed by atoms with Gasteiger partial charge in [-0.25, -0.2) is 4.99 Å². The standard InChI is InChI=1S/C15H19N3OS/c1-11-12(10-17-7-8-19)4-2-5-13(11)18-15(16)14-6-3-9-20-14/h2-6,9,17,19H,7-8,10H2,1H3,(H2,16,18). The molecule has 0 saturated carbocycles. The van der Waals surface area contributed by atoms with Crippen molar-refractivity contribution < 1.29 is 5.11 Å². The van der Waals surface area contributed by atoms with Crippen molar-refractivity contribution in [3.05, 3.63) is 51.7 Å². The Morgan fingerprint density at radius 3 is 2.90 bits per heavy atom. The third-order valence-electron chi connectivity index (χ3n) is 3.04. The number of nitrogens with two attached hydrogens (primary N) is 1. The Balaban J connectivity index is 2.20. The van der Waals surface area contributed by atoms with Gasteiger partial charge < -0.3 is 16.2 Å². The number of amidine groups is 1. The van der Waals surface area contributed by atoms with Crippen molar-refractivity contribution in [1.29, 1.82) is 0 Å². The van der Waals surface area contributed by atoms with Crippen molar-refractivity contribution in [2.75, 3.05) is 13.2 Å². The number of hydrogen-bond donors (Lipinski definition) is 3. The highest BCUT2D eigenvalue weighted by atomic mass is 32.1. The van der Waals surface area contributed by atoms with Crippen molar-refractivity contribution in [2.45, 2.75) is 13.5 Å². The first kappa shape index (κ1) is 14.7. The van der Waals surface area contributed by atoms with Gasteiger partial charge in [-0.05, 0) is 35.6 Å². The van der Waals surface area contributed by atoms with Crippen molar-refractivity contribution in [2.24, 2.45) is 10.7 Å². The summed E-state index contributed by atoms with van der Waals surface area (Å²) < 4.78 is 0. The van der Waals surface area contributed by atoms with Gasteiger partial charge in [0.05, 0.1) is 17.2 Å². The minimum atomic E-state index is 0.141. The van der Waals surface area contributed by atoms with E-state index in [1.807, 2.05) is 36.6 Å². The lowest BCUT2D eigenvalue weighted by Gasteiger charge is -2.09. The monoisotopic (exact) mass is 289 g/mol. The molecular weight excluding hydrogens is 270 g/mol. The second-order valence-electron chi connectivity index (χ2n) is 4.44. The molecule has 0 atom stereocenters. The van der Waals surface area contributed by atoms with Gasteiger partial charge in [-0.2, -0.15) is 0 Å². The molecule has 2 rings (SSSR count). The van der Waals surface area contributed by atoms with E-state index in [0.717, 1.165) is 16.1 Å². The van der Waals surface area contributed by atoms with Crippen LogP contribution in [-0.4, -0.2) is 24.1 Å². The predicted molar refractivity (Wildman–Crippen MR) is 84.7 cm³/mol. The number of nitrogens with zero attached hydrogens (tertiary/aromatic N) is 1. The third kappa shape index (κ3) is 3.66. The highest BCUT2D eigenvalue weighted by molar-refractivity contribution is 7.12. The molecule has 4 nitrogen and oxygen atoms in total. The molecule has 0 radical (unpaired) electrons. The molecule has 0 spiro atoms. The maximum atomic E-state index is 8.79. The average Bonchev–Trinajstić information content (AvgIpc) is 2.97. The molecule has 0 aliphatic carbocycles. The summed E-state index contributed by atoms with van der Waals surface area (Å²) >= 11 is 1.58. The molecule has 1 heterocycles. The minimum Gasteiger partial charge on any atom is -0.395 e. The summed E-state index contributed by atoms with van der Waals surface area (Å²) in [6.07, 6.45) is 0. The quantitative estimate of drug-likeness (QED) is 0.433. The molecule has 0 aliphatic rings. The number of rotatable bonds is 6. The molecule has 2 aromatic rings. The number of hydrogen-bond acceptors (Lipinski definition) is 4. The largest absolute Gasteiger partial charge is 0.395 e. The Labute approximate surface area is 123 Å². The van der Waals surface area contributed by atoms with Crippen molar-refractivity contribution in [3.63, 3.8) is 0 Å². The molecule has 5 heteroatoms. The first-order valence-electron chi connectivity index (χ1n) is 6.50. The van der Waals surface area contributed by atoms with Gasteiger partial charge in [0.15, 0.2) is 0 Å². The molecule has 106 valence electrons. The zero-order chi connectivity index (χ0) is 14.4. The molecule has 20 heavy (non-hydrogen) atoms. The van der Waals surface area contributed by atoms with E-state index >= 15 is 0 Å². The van der Waals surface area contributed by atoms with Crippen LogP contribution in [0.25, 0.3) is 0 Å². The Hall–Kier alpha value is -1.69. The SMILES string of the molecule is Cc1c(CNCCO)cccc1N=C(N)c1cccs1. The van der Waals surface area contributed by atoms with Crippen LogP contribution in [0.5, 0.6) is 0 Å². The fraction of sp³-hybridized carbons (Fsp3) is 0.267. The molecule has 1 aromatic heterocycles. The Morgan fingerprint density at radius 1 is 1.35 bits per heavy atom. The van der Waals surface area contributed by atoms with E-state index in [0.29, 0.717) is 18.9 Å². The molecule has 0 unspecified atom stereocenters. The van der Waals surface area contributed by atoms with Crippen LogP contribution in [-0.2, 0) is 6.54 Å². The number of benzene rings is 1. The van der Waals surface area contributed by atoms with Gasteiger partial charge in [-0.1, -0.05) is 18.2 Å². The van der Waals surface area contributed by atoms with E-state index in [1.165, 1.54) is 5.56 Å². The Morgan fingerprint density at radius 2 is 2.20 bits per heavy atom.